The first-order valence-corrected chi connectivity index (χ1v) is 10.7. The number of benzene rings is 2. The average Bonchev–Trinajstić information content (AvgIpc) is 2.77. The molecule has 3 rings (SSSR count). The zero-order valence-corrected chi connectivity index (χ0v) is 17.1. The topological polar surface area (TPSA) is 93.5 Å². The van der Waals surface area contributed by atoms with Crippen LogP contribution in [0.1, 0.15) is 16.7 Å². The second kappa shape index (κ2) is 8.95. The quantitative estimate of drug-likeness (QED) is 0.772. The molecule has 0 atom stereocenters. The molecular formula is C20H19F3N4O3S. The van der Waals surface area contributed by atoms with E-state index in [4.69, 9.17) is 5.26 Å². The molecule has 0 radical (unpaired) electrons. The van der Waals surface area contributed by atoms with Crippen molar-refractivity contribution < 1.29 is 26.4 Å². The molecule has 31 heavy (non-hydrogen) atoms. The molecule has 164 valence electrons. The number of rotatable bonds is 4. The number of nitrogens with zero attached hydrogens (tertiary/aromatic N) is 3. The van der Waals surface area contributed by atoms with E-state index < -0.39 is 27.8 Å². The number of urea groups is 1. The maximum Gasteiger partial charge on any atom is 0.416 e. The summed E-state index contributed by atoms with van der Waals surface area (Å²) in [4.78, 5) is 13.7. The summed E-state index contributed by atoms with van der Waals surface area (Å²) in [6.07, 6.45) is -4.47. The Morgan fingerprint density at radius 1 is 1.06 bits per heavy atom. The summed E-state index contributed by atoms with van der Waals surface area (Å²) >= 11 is 0. The fourth-order valence-electron chi connectivity index (χ4n) is 3.20. The third-order valence-electron chi connectivity index (χ3n) is 4.85. The van der Waals surface area contributed by atoms with E-state index in [0.717, 1.165) is 12.1 Å². The number of hydrogen-bond donors (Lipinski definition) is 1. The molecule has 0 unspecified atom stereocenters. The summed E-state index contributed by atoms with van der Waals surface area (Å²) in [6, 6.07) is 11.9. The molecule has 0 bridgehead atoms. The van der Waals surface area contributed by atoms with Crippen molar-refractivity contribution in [3.63, 3.8) is 0 Å². The summed E-state index contributed by atoms with van der Waals surface area (Å²) in [7, 11) is -3.88. The Morgan fingerprint density at radius 2 is 1.74 bits per heavy atom. The van der Waals surface area contributed by atoms with Crippen molar-refractivity contribution in [1.82, 2.24) is 14.5 Å². The van der Waals surface area contributed by atoms with Crippen molar-refractivity contribution in [2.75, 3.05) is 26.2 Å². The van der Waals surface area contributed by atoms with Crippen LogP contribution in [0.5, 0.6) is 0 Å². The molecule has 0 saturated carbocycles. The van der Waals surface area contributed by atoms with E-state index in [-0.39, 0.29) is 43.2 Å². The number of carbonyl (C=O) groups excluding carboxylic acids is 1. The van der Waals surface area contributed by atoms with Crippen molar-refractivity contribution in [3.05, 3.63) is 65.2 Å². The van der Waals surface area contributed by atoms with Crippen LogP contribution in [0.3, 0.4) is 0 Å². The van der Waals surface area contributed by atoms with E-state index in [2.05, 4.69) is 5.32 Å². The lowest BCUT2D eigenvalue weighted by molar-refractivity contribution is -0.137. The van der Waals surface area contributed by atoms with Crippen LogP contribution in [0.2, 0.25) is 0 Å². The lowest BCUT2D eigenvalue weighted by Crippen LogP contribution is -2.53. The molecule has 1 fully saturated rings. The Hall–Kier alpha value is -3.10. The van der Waals surface area contributed by atoms with Gasteiger partial charge in [-0.3, -0.25) is 0 Å². The molecule has 2 aromatic rings. The minimum Gasteiger partial charge on any atom is -0.334 e. The number of nitrogens with one attached hydrogen (secondary N) is 1. The van der Waals surface area contributed by atoms with Gasteiger partial charge in [0.05, 0.1) is 16.0 Å². The minimum atomic E-state index is -4.47. The molecule has 0 spiro atoms. The van der Waals surface area contributed by atoms with Gasteiger partial charge in [-0.05, 0) is 29.8 Å². The first-order chi connectivity index (χ1) is 14.6. The van der Waals surface area contributed by atoms with Crippen molar-refractivity contribution in [3.8, 4) is 6.07 Å². The predicted octanol–water partition coefficient (Wildman–Crippen LogP) is 2.79. The number of sulfonamides is 1. The number of nitriles is 1. The van der Waals surface area contributed by atoms with Crippen LogP contribution in [-0.4, -0.2) is 49.8 Å². The molecule has 7 nitrogen and oxygen atoms in total. The predicted molar refractivity (Wildman–Crippen MR) is 105 cm³/mol. The van der Waals surface area contributed by atoms with Crippen LogP contribution in [-0.2, 0) is 22.7 Å². The van der Waals surface area contributed by atoms with Gasteiger partial charge in [0.25, 0.3) is 0 Å². The number of piperazine rings is 1. The average molecular weight is 452 g/mol. The Morgan fingerprint density at radius 3 is 2.39 bits per heavy atom. The van der Waals surface area contributed by atoms with Crippen LogP contribution in [0.25, 0.3) is 0 Å². The highest BCUT2D eigenvalue weighted by atomic mass is 32.2. The number of amides is 2. The summed E-state index contributed by atoms with van der Waals surface area (Å²) in [6.45, 7) is 0.222. The van der Waals surface area contributed by atoms with E-state index in [1.165, 1.54) is 39.5 Å². The normalized spacial score (nSPS) is 15.4. The highest BCUT2D eigenvalue weighted by Gasteiger charge is 2.32. The van der Waals surface area contributed by atoms with Gasteiger partial charge in [0.2, 0.25) is 10.0 Å². The monoisotopic (exact) mass is 452 g/mol. The lowest BCUT2D eigenvalue weighted by Gasteiger charge is -2.34. The Balaban J connectivity index is 1.58. The number of alkyl halides is 3. The van der Waals surface area contributed by atoms with E-state index in [9.17, 15) is 26.4 Å². The van der Waals surface area contributed by atoms with Crippen molar-refractivity contribution in [2.45, 2.75) is 17.6 Å². The van der Waals surface area contributed by atoms with Gasteiger partial charge in [-0.1, -0.05) is 24.3 Å². The van der Waals surface area contributed by atoms with Crippen LogP contribution in [0, 0.1) is 11.3 Å². The molecule has 1 aliphatic rings. The van der Waals surface area contributed by atoms with Gasteiger partial charge in [0.15, 0.2) is 0 Å². The first-order valence-electron chi connectivity index (χ1n) is 9.31. The summed E-state index contributed by atoms with van der Waals surface area (Å²) < 4.78 is 65.3. The first kappa shape index (κ1) is 22.6. The third-order valence-corrected chi connectivity index (χ3v) is 6.81. The maximum atomic E-state index is 12.8. The second-order valence-corrected chi connectivity index (χ2v) is 8.76. The molecule has 2 amide bonds. The van der Waals surface area contributed by atoms with E-state index in [0.29, 0.717) is 5.56 Å². The molecule has 0 aromatic heterocycles. The molecule has 2 aromatic carbocycles. The molecule has 11 heteroatoms. The van der Waals surface area contributed by atoms with Gasteiger partial charge >= 0.3 is 12.2 Å². The maximum absolute atomic E-state index is 12.8. The van der Waals surface area contributed by atoms with Gasteiger partial charge < -0.3 is 10.2 Å². The smallest absolute Gasteiger partial charge is 0.334 e. The minimum absolute atomic E-state index is 0.0407. The number of carbonyl (C=O) groups is 1. The van der Waals surface area contributed by atoms with Crippen LogP contribution in [0.4, 0.5) is 18.0 Å². The molecule has 1 N–H and O–H groups in total. The highest BCUT2D eigenvalue weighted by Crippen LogP contribution is 2.29. The molecule has 1 saturated heterocycles. The van der Waals surface area contributed by atoms with Gasteiger partial charge in [-0.25, -0.2) is 13.2 Å². The SMILES string of the molecule is N#Cc1ccccc1S(=O)(=O)N1CCN(C(=O)NCc2cccc(C(F)(F)F)c2)CC1. The van der Waals surface area contributed by atoms with Crippen LogP contribution < -0.4 is 5.32 Å². The van der Waals surface area contributed by atoms with Crippen LogP contribution in [0.15, 0.2) is 53.4 Å². The summed E-state index contributed by atoms with van der Waals surface area (Å²) in [5, 5.41) is 11.7. The molecule has 0 aliphatic carbocycles. The second-order valence-electron chi connectivity index (χ2n) is 6.86. The fraction of sp³-hybridized carbons (Fsp3) is 0.300. The summed E-state index contributed by atoms with van der Waals surface area (Å²) in [5.41, 5.74) is -0.447. The standard InChI is InChI=1S/C20H19F3N4O3S/c21-20(22,23)17-6-3-4-15(12-17)14-25-19(28)26-8-10-27(11-9-26)31(29,30)18-7-2-1-5-16(18)13-24/h1-7,12H,8-11,14H2,(H,25,28). The molecular weight excluding hydrogens is 433 g/mol. The third kappa shape index (κ3) is 5.15. The van der Waals surface area contributed by atoms with E-state index in [1.54, 1.807) is 6.07 Å². The van der Waals surface area contributed by atoms with Gasteiger partial charge in [-0.2, -0.15) is 22.7 Å². The Kier molecular flexibility index (Phi) is 6.52. The zero-order chi connectivity index (χ0) is 22.6. The number of hydrogen-bond acceptors (Lipinski definition) is 4. The van der Waals surface area contributed by atoms with Gasteiger partial charge in [0, 0.05) is 32.7 Å². The van der Waals surface area contributed by atoms with Crippen molar-refractivity contribution in [2.24, 2.45) is 0 Å². The Labute approximate surface area is 177 Å². The largest absolute Gasteiger partial charge is 0.416 e. The van der Waals surface area contributed by atoms with Gasteiger partial charge in [-0.15, -0.1) is 0 Å². The Bertz CT molecular complexity index is 1110. The van der Waals surface area contributed by atoms with E-state index in [1.807, 2.05) is 6.07 Å². The fourth-order valence-corrected chi connectivity index (χ4v) is 4.77. The lowest BCUT2D eigenvalue weighted by atomic mass is 10.1. The highest BCUT2D eigenvalue weighted by molar-refractivity contribution is 7.89. The molecule has 1 heterocycles. The van der Waals surface area contributed by atoms with Crippen molar-refractivity contribution >= 4 is 16.1 Å². The van der Waals surface area contributed by atoms with Gasteiger partial charge in [0.1, 0.15) is 6.07 Å². The summed E-state index contributed by atoms with van der Waals surface area (Å²) in [5.74, 6) is 0. The zero-order valence-electron chi connectivity index (χ0n) is 16.3. The number of halogens is 3. The van der Waals surface area contributed by atoms with Crippen LogP contribution >= 0.6 is 0 Å². The molecule has 1 aliphatic heterocycles. The van der Waals surface area contributed by atoms with E-state index >= 15 is 0 Å². The van der Waals surface area contributed by atoms with Crippen molar-refractivity contribution in [1.29, 1.82) is 5.26 Å².